The van der Waals surface area contributed by atoms with E-state index >= 15 is 0 Å². The molecule has 1 N–H and O–H groups in total. The minimum atomic E-state index is -0.396. The van der Waals surface area contributed by atoms with Gasteiger partial charge in [0.15, 0.2) is 0 Å². The third-order valence-corrected chi connectivity index (χ3v) is 2.82. The maximum atomic E-state index is 11.5. The van der Waals surface area contributed by atoms with Gasteiger partial charge in [-0.3, -0.25) is 9.36 Å². The van der Waals surface area contributed by atoms with Gasteiger partial charge in [0, 0.05) is 13.1 Å². The van der Waals surface area contributed by atoms with E-state index in [1.165, 1.54) is 18.7 Å². The molecule has 0 saturated heterocycles. The highest BCUT2D eigenvalue weighted by atomic mass is 16.2. The second-order valence-corrected chi connectivity index (χ2v) is 3.94. The van der Waals surface area contributed by atoms with Crippen molar-refractivity contribution in [1.29, 1.82) is 0 Å². The van der Waals surface area contributed by atoms with Crippen molar-refractivity contribution in [2.24, 2.45) is 7.05 Å². The molecule has 0 unspecified atom stereocenters. The lowest BCUT2D eigenvalue weighted by atomic mass is 10.1. The number of nitrogens with one attached hydrogen (secondary N) is 1. The minimum absolute atomic E-state index is 0.302. The molecule has 0 aliphatic rings. The zero-order chi connectivity index (χ0) is 12.4. The van der Waals surface area contributed by atoms with Gasteiger partial charge >= 0.3 is 5.69 Å². The number of aryl methyl sites for hydroxylation is 1. The second kappa shape index (κ2) is 4.41. The second-order valence-electron chi connectivity index (χ2n) is 3.94. The summed E-state index contributed by atoms with van der Waals surface area (Å²) in [5, 5.41) is 0. The average Bonchev–Trinajstić information content (AvgIpc) is 2.35. The quantitative estimate of drug-likeness (QED) is 0.845. The Labute approximate surface area is 98.6 Å². The fourth-order valence-corrected chi connectivity index (χ4v) is 1.63. The van der Waals surface area contributed by atoms with Crippen molar-refractivity contribution in [3.8, 4) is 11.3 Å². The van der Waals surface area contributed by atoms with Gasteiger partial charge in [-0.05, 0) is 17.5 Å². The maximum Gasteiger partial charge on any atom is 0.328 e. The molecule has 0 saturated carbocycles. The molecule has 2 rings (SSSR count). The number of nitrogens with zero attached hydrogens (tertiary/aromatic N) is 1. The average molecular weight is 230 g/mol. The minimum Gasteiger partial charge on any atom is -0.307 e. The molecule has 0 spiro atoms. The highest BCUT2D eigenvalue weighted by molar-refractivity contribution is 5.58. The topological polar surface area (TPSA) is 54.9 Å². The fraction of sp³-hybridized carbons (Fsp3) is 0.231. The van der Waals surface area contributed by atoms with Crippen LogP contribution in [-0.2, 0) is 13.5 Å². The lowest BCUT2D eigenvalue weighted by Crippen LogP contribution is -2.32. The van der Waals surface area contributed by atoms with Crippen LogP contribution in [0.1, 0.15) is 12.5 Å². The first kappa shape index (κ1) is 11.4. The molecule has 0 atom stereocenters. The summed E-state index contributed by atoms with van der Waals surface area (Å²) in [5.74, 6) is 0. The highest BCUT2D eigenvalue weighted by Gasteiger charge is 2.03. The molecule has 0 amide bonds. The van der Waals surface area contributed by atoms with Crippen molar-refractivity contribution in [3.63, 3.8) is 0 Å². The van der Waals surface area contributed by atoms with Gasteiger partial charge in [0.05, 0.1) is 5.69 Å². The first-order valence-electron chi connectivity index (χ1n) is 5.51. The van der Waals surface area contributed by atoms with Crippen LogP contribution in [0, 0.1) is 0 Å². The van der Waals surface area contributed by atoms with Crippen LogP contribution in [-0.4, -0.2) is 9.55 Å². The summed E-state index contributed by atoms with van der Waals surface area (Å²) in [4.78, 5) is 25.6. The van der Waals surface area contributed by atoms with Crippen LogP contribution in [0.2, 0.25) is 0 Å². The van der Waals surface area contributed by atoms with E-state index in [1.807, 2.05) is 24.3 Å². The van der Waals surface area contributed by atoms with E-state index < -0.39 is 5.69 Å². The molecule has 2 aromatic rings. The van der Waals surface area contributed by atoms with Crippen LogP contribution in [0.5, 0.6) is 0 Å². The van der Waals surface area contributed by atoms with Crippen molar-refractivity contribution < 1.29 is 0 Å². The Morgan fingerprint density at radius 1 is 1.18 bits per heavy atom. The predicted molar refractivity (Wildman–Crippen MR) is 67.1 cm³/mol. The Hall–Kier alpha value is -2.10. The van der Waals surface area contributed by atoms with Crippen molar-refractivity contribution in [1.82, 2.24) is 9.55 Å². The van der Waals surface area contributed by atoms with E-state index in [9.17, 15) is 9.59 Å². The maximum absolute atomic E-state index is 11.5. The van der Waals surface area contributed by atoms with E-state index in [0.717, 1.165) is 16.6 Å². The molecule has 0 aliphatic carbocycles. The molecule has 1 aromatic carbocycles. The van der Waals surface area contributed by atoms with Crippen molar-refractivity contribution in [2.75, 3.05) is 0 Å². The van der Waals surface area contributed by atoms with Crippen molar-refractivity contribution >= 4 is 0 Å². The standard InChI is InChI=1S/C13H14N2O2/c1-3-9-4-6-10(7-5-9)11-8-12(16)15(2)13(17)14-11/h4-8H,3H2,1-2H3,(H,14,17). The largest absolute Gasteiger partial charge is 0.328 e. The molecule has 0 aliphatic heterocycles. The Kier molecular flexibility index (Phi) is 2.95. The predicted octanol–water partition coefficient (Wildman–Crippen LogP) is 1.30. The van der Waals surface area contributed by atoms with E-state index in [0.29, 0.717) is 5.69 Å². The lowest BCUT2D eigenvalue weighted by molar-refractivity contribution is 0.778. The van der Waals surface area contributed by atoms with Gasteiger partial charge < -0.3 is 4.98 Å². The van der Waals surface area contributed by atoms with Crippen molar-refractivity contribution in [3.05, 3.63) is 56.7 Å². The summed E-state index contributed by atoms with van der Waals surface area (Å²) in [6, 6.07) is 9.23. The Morgan fingerprint density at radius 3 is 2.35 bits per heavy atom. The number of H-pyrrole nitrogens is 1. The van der Waals surface area contributed by atoms with Crippen molar-refractivity contribution in [2.45, 2.75) is 13.3 Å². The van der Waals surface area contributed by atoms with Crippen LogP contribution in [0.15, 0.2) is 39.9 Å². The van der Waals surface area contributed by atoms with E-state index in [4.69, 9.17) is 0 Å². The molecule has 1 heterocycles. The van der Waals surface area contributed by atoms with E-state index in [-0.39, 0.29) is 5.56 Å². The molecule has 4 heteroatoms. The molecule has 17 heavy (non-hydrogen) atoms. The molecule has 88 valence electrons. The summed E-state index contributed by atoms with van der Waals surface area (Å²) in [6.45, 7) is 2.08. The Balaban J connectivity index is 2.53. The van der Waals surface area contributed by atoms with Gasteiger partial charge in [-0.2, -0.15) is 0 Å². The Morgan fingerprint density at radius 2 is 1.82 bits per heavy atom. The van der Waals surface area contributed by atoms with Crippen LogP contribution in [0.3, 0.4) is 0 Å². The van der Waals surface area contributed by atoms with E-state index in [2.05, 4.69) is 11.9 Å². The first-order chi connectivity index (χ1) is 8.11. The molecular weight excluding hydrogens is 216 g/mol. The number of hydrogen-bond acceptors (Lipinski definition) is 2. The van der Waals surface area contributed by atoms with Crippen LogP contribution >= 0.6 is 0 Å². The Bertz CT molecular complexity index is 604. The van der Waals surface area contributed by atoms with Crippen LogP contribution in [0.4, 0.5) is 0 Å². The SMILES string of the molecule is CCc1ccc(-c2cc(=O)n(C)c(=O)[nH]2)cc1. The normalized spacial score (nSPS) is 10.5. The van der Waals surface area contributed by atoms with Gasteiger partial charge in [0.1, 0.15) is 0 Å². The third-order valence-electron chi connectivity index (χ3n) is 2.82. The van der Waals surface area contributed by atoms with Gasteiger partial charge in [-0.25, -0.2) is 4.79 Å². The van der Waals surface area contributed by atoms with Crippen LogP contribution < -0.4 is 11.2 Å². The number of hydrogen-bond donors (Lipinski definition) is 1. The number of rotatable bonds is 2. The molecule has 0 fully saturated rings. The first-order valence-corrected chi connectivity index (χ1v) is 5.51. The molecule has 0 bridgehead atoms. The van der Waals surface area contributed by atoms with Gasteiger partial charge in [0.2, 0.25) is 0 Å². The highest BCUT2D eigenvalue weighted by Crippen LogP contribution is 2.15. The molecule has 0 radical (unpaired) electrons. The van der Waals surface area contributed by atoms with Gasteiger partial charge in [-0.15, -0.1) is 0 Å². The van der Waals surface area contributed by atoms with Gasteiger partial charge in [-0.1, -0.05) is 31.2 Å². The summed E-state index contributed by atoms with van der Waals surface area (Å²) < 4.78 is 1.05. The summed E-state index contributed by atoms with van der Waals surface area (Å²) in [7, 11) is 1.45. The lowest BCUT2D eigenvalue weighted by Gasteiger charge is -2.03. The number of aromatic nitrogens is 2. The number of aromatic amines is 1. The molecule has 1 aromatic heterocycles. The molecular formula is C13H14N2O2. The smallest absolute Gasteiger partial charge is 0.307 e. The van der Waals surface area contributed by atoms with Gasteiger partial charge in [0.25, 0.3) is 5.56 Å². The monoisotopic (exact) mass is 230 g/mol. The zero-order valence-corrected chi connectivity index (χ0v) is 9.86. The number of benzene rings is 1. The zero-order valence-electron chi connectivity index (χ0n) is 9.86. The fourth-order valence-electron chi connectivity index (χ4n) is 1.63. The molecule has 4 nitrogen and oxygen atoms in total. The third kappa shape index (κ3) is 2.20. The van der Waals surface area contributed by atoms with E-state index in [1.54, 1.807) is 0 Å². The van der Waals surface area contributed by atoms with Crippen LogP contribution in [0.25, 0.3) is 11.3 Å². The summed E-state index contributed by atoms with van der Waals surface area (Å²) >= 11 is 0. The summed E-state index contributed by atoms with van der Waals surface area (Å²) in [6.07, 6.45) is 0.966. The summed E-state index contributed by atoms with van der Waals surface area (Å²) in [5.41, 5.74) is 1.92.